The highest BCUT2D eigenvalue weighted by atomic mass is 16.5. The predicted molar refractivity (Wildman–Crippen MR) is 43.7 cm³/mol. The number of benzene rings is 1. The highest BCUT2D eigenvalue weighted by Crippen LogP contribution is 2.32. The van der Waals surface area contributed by atoms with Gasteiger partial charge in [-0.15, -0.1) is 0 Å². The van der Waals surface area contributed by atoms with Crippen LogP contribution in [0, 0.1) is 0 Å². The van der Waals surface area contributed by atoms with Crippen molar-refractivity contribution in [3.63, 3.8) is 0 Å². The first kappa shape index (κ1) is 5.83. The molecular formula is C9H5NO2. The Balaban J connectivity index is 2.57. The van der Waals surface area contributed by atoms with Gasteiger partial charge in [0.05, 0.1) is 11.6 Å². The van der Waals surface area contributed by atoms with E-state index in [1.165, 1.54) is 0 Å². The Morgan fingerprint density at radius 1 is 1.25 bits per heavy atom. The normalized spacial score (nSPS) is 13.3. The molecule has 0 fully saturated rings. The van der Waals surface area contributed by atoms with Gasteiger partial charge in [0.25, 0.3) is 0 Å². The van der Waals surface area contributed by atoms with E-state index in [1.54, 1.807) is 12.3 Å². The van der Waals surface area contributed by atoms with E-state index in [0.717, 1.165) is 22.4 Å². The highest BCUT2D eigenvalue weighted by molar-refractivity contribution is 5.92. The predicted octanol–water partition coefficient (Wildman–Crippen LogP) is 2.19. The van der Waals surface area contributed by atoms with Gasteiger partial charge in [-0.2, -0.15) is 0 Å². The number of aromatic nitrogens is 1. The van der Waals surface area contributed by atoms with Gasteiger partial charge in [0.1, 0.15) is 11.3 Å². The molecule has 0 spiro atoms. The van der Waals surface area contributed by atoms with Gasteiger partial charge in [0.2, 0.25) is 0 Å². The summed E-state index contributed by atoms with van der Waals surface area (Å²) in [5, 5.41) is 4.84. The Bertz CT molecular complexity index is 470. The lowest BCUT2D eigenvalue weighted by atomic mass is 10.2. The van der Waals surface area contributed by atoms with E-state index in [2.05, 4.69) is 5.16 Å². The maximum Gasteiger partial charge on any atom is 0.174 e. The van der Waals surface area contributed by atoms with E-state index in [0.29, 0.717) is 0 Å². The van der Waals surface area contributed by atoms with Gasteiger partial charge in [0, 0.05) is 6.08 Å². The molecule has 0 N–H and O–H groups in total. The summed E-state index contributed by atoms with van der Waals surface area (Å²) in [7, 11) is 0. The van der Waals surface area contributed by atoms with Gasteiger partial charge in [-0.05, 0) is 12.1 Å². The maximum atomic E-state index is 5.27. The lowest BCUT2D eigenvalue weighted by molar-refractivity contribution is 0.415. The number of hydrogen-bond acceptors (Lipinski definition) is 3. The van der Waals surface area contributed by atoms with Crippen LogP contribution in [0.4, 0.5) is 0 Å². The quantitative estimate of drug-likeness (QED) is 0.591. The molecule has 1 aromatic heterocycles. The van der Waals surface area contributed by atoms with Gasteiger partial charge in [-0.3, -0.25) is 0 Å². The summed E-state index contributed by atoms with van der Waals surface area (Å²) < 4.78 is 10.4. The molecule has 2 aromatic rings. The molecule has 0 aliphatic carbocycles. The van der Waals surface area contributed by atoms with E-state index in [4.69, 9.17) is 9.26 Å². The first-order chi connectivity index (χ1) is 5.95. The van der Waals surface area contributed by atoms with Gasteiger partial charge in [0.15, 0.2) is 5.76 Å². The van der Waals surface area contributed by atoms with E-state index >= 15 is 0 Å². The molecule has 58 valence electrons. The van der Waals surface area contributed by atoms with Crippen molar-refractivity contribution in [3.05, 3.63) is 30.2 Å². The van der Waals surface area contributed by atoms with Crippen molar-refractivity contribution < 1.29 is 9.26 Å². The van der Waals surface area contributed by atoms with Gasteiger partial charge < -0.3 is 9.26 Å². The number of rotatable bonds is 0. The minimum atomic E-state index is 0.770. The Labute approximate surface area is 68.2 Å². The minimum Gasteiger partial charge on any atom is -0.464 e. The van der Waals surface area contributed by atoms with Gasteiger partial charge in [-0.25, -0.2) is 0 Å². The molecule has 12 heavy (non-hydrogen) atoms. The summed E-state index contributed by atoms with van der Waals surface area (Å²) >= 11 is 0. The largest absolute Gasteiger partial charge is 0.464 e. The molecule has 3 nitrogen and oxygen atoms in total. The average Bonchev–Trinajstić information content (AvgIpc) is 2.52. The van der Waals surface area contributed by atoms with Crippen LogP contribution in [0.1, 0.15) is 5.76 Å². The summed E-state index contributed by atoms with van der Waals surface area (Å²) in [6.45, 7) is 0. The monoisotopic (exact) mass is 159 g/mol. The summed E-state index contributed by atoms with van der Waals surface area (Å²) in [5.74, 6) is 1.58. The molecule has 0 atom stereocenters. The summed E-state index contributed by atoms with van der Waals surface area (Å²) in [6.07, 6.45) is 3.37. The van der Waals surface area contributed by atoms with Crippen LogP contribution in [-0.2, 0) is 0 Å². The fourth-order valence-electron chi connectivity index (χ4n) is 1.37. The second-order valence-electron chi connectivity index (χ2n) is 2.62. The first-order valence-corrected chi connectivity index (χ1v) is 3.67. The second-order valence-corrected chi connectivity index (χ2v) is 2.62. The van der Waals surface area contributed by atoms with Crippen LogP contribution >= 0.6 is 0 Å². The van der Waals surface area contributed by atoms with Crippen LogP contribution in [-0.4, -0.2) is 5.16 Å². The standard InChI is InChI=1S/C9H5NO2/c1-2-6-9-7(3-1)11-5-4-8(9)12-10-6/h1-5H. The SMILES string of the molecule is C1=Cc2onc3cccc(c23)O1. The van der Waals surface area contributed by atoms with E-state index in [-0.39, 0.29) is 0 Å². The zero-order valence-corrected chi connectivity index (χ0v) is 6.15. The first-order valence-electron chi connectivity index (χ1n) is 3.67. The van der Waals surface area contributed by atoms with E-state index in [1.807, 2.05) is 18.2 Å². The van der Waals surface area contributed by atoms with Crippen molar-refractivity contribution in [2.45, 2.75) is 0 Å². The number of nitrogens with zero attached hydrogens (tertiary/aromatic N) is 1. The third-order valence-corrected chi connectivity index (χ3v) is 1.91. The molecule has 3 rings (SSSR count). The third kappa shape index (κ3) is 0.580. The molecule has 0 radical (unpaired) electrons. The molecule has 1 aliphatic rings. The molecule has 1 aromatic carbocycles. The zero-order valence-electron chi connectivity index (χ0n) is 6.15. The summed E-state index contributed by atoms with van der Waals surface area (Å²) in [6, 6.07) is 5.68. The highest BCUT2D eigenvalue weighted by Gasteiger charge is 2.13. The number of hydrogen-bond donors (Lipinski definition) is 0. The van der Waals surface area contributed by atoms with Crippen LogP contribution in [0.2, 0.25) is 0 Å². The van der Waals surface area contributed by atoms with Crippen molar-refractivity contribution >= 4 is 17.0 Å². The topological polar surface area (TPSA) is 35.3 Å². The number of ether oxygens (including phenoxy) is 1. The molecule has 0 saturated carbocycles. The average molecular weight is 159 g/mol. The van der Waals surface area contributed by atoms with Crippen LogP contribution in [0.25, 0.3) is 17.0 Å². The Kier molecular flexibility index (Phi) is 0.913. The third-order valence-electron chi connectivity index (χ3n) is 1.91. The molecular weight excluding hydrogens is 154 g/mol. The van der Waals surface area contributed by atoms with Crippen molar-refractivity contribution in [1.82, 2.24) is 5.16 Å². The van der Waals surface area contributed by atoms with Crippen LogP contribution < -0.4 is 4.74 Å². The molecule has 3 heteroatoms. The van der Waals surface area contributed by atoms with Crippen molar-refractivity contribution in [1.29, 1.82) is 0 Å². The van der Waals surface area contributed by atoms with Crippen LogP contribution in [0.3, 0.4) is 0 Å². The van der Waals surface area contributed by atoms with Crippen LogP contribution in [0.15, 0.2) is 29.0 Å². The van der Waals surface area contributed by atoms with Crippen molar-refractivity contribution in [3.8, 4) is 5.75 Å². The molecule has 0 amide bonds. The molecule has 2 heterocycles. The Hall–Kier alpha value is -1.77. The minimum absolute atomic E-state index is 0.770. The fraction of sp³-hybridized carbons (Fsp3) is 0. The smallest absolute Gasteiger partial charge is 0.174 e. The fourth-order valence-corrected chi connectivity index (χ4v) is 1.37. The van der Waals surface area contributed by atoms with Crippen molar-refractivity contribution in [2.75, 3.05) is 0 Å². The maximum absolute atomic E-state index is 5.27. The van der Waals surface area contributed by atoms with E-state index < -0.39 is 0 Å². The lowest BCUT2D eigenvalue weighted by Crippen LogP contribution is -1.87. The molecule has 0 unspecified atom stereocenters. The summed E-state index contributed by atoms with van der Waals surface area (Å²) in [4.78, 5) is 0. The molecule has 0 bridgehead atoms. The van der Waals surface area contributed by atoms with Crippen LogP contribution in [0.5, 0.6) is 5.75 Å². The summed E-state index contributed by atoms with van der Waals surface area (Å²) in [5.41, 5.74) is 0.840. The second kappa shape index (κ2) is 1.88. The molecule has 0 saturated heterocycles. The molecule has 1 aliphatic heterocycles. The lowest BCUT2D eigenvalue weighted by Gasteiger charge is -2.04. The Morgan fingerprint density at radius 3 is 3.25 bits per heavy atom. The Morgan fingerprint density at radius 2 is 2.25 bits per heavy atom. The van der Waals surface area contributed by atoms with Gasteiger partial charge >= 0.3 is 0 Å². The van der Waals surface area contributed by atoms with Crippen molar-refractivity contribution in [2.24, 2.45) is 0 Å². The van der Waals surface area contributed by atoms with Gasteiger partial charge in [-0.1, -0.05) is 11.2 Å². The zero-order chi connectivity index (χ0) is 7.97. The van der Waals surface area contributed by atoms with E-state index in [9.17, 15) is 0 Å².